The van der Waals surface area contributed by atoms with Gasteiger partial charge in [0.15, 0.2) is 0 Å². The zero-order valence-electron chi connectivity index (χ0n) is 11.7. The summed E-state index contributed by atoms with van der Waals surface area (Å²) < 4.78 is 55.6. The first-order valence-electron chi connectivity index (χ1n) is 6.40. The van der Waals surface area contributed by atoms with Gasteiger partial charge < -0.3 is 20.5 Å². The van der Waals surface area contributed by atoms with Crippen molar-refractivity contribution in [2.75, 3.05) is 25.1 Å². The van der Waals surface area contributed by atoms with Crippen LogP contribution in [0.5, 0.6) is 0 Å². The zero-order chi connectivity index (χ0) is 16.8. The number of alkyl halides is 3. The summed E-state index contributed by atoms with van der Waals surface area (Å²) in [6.45, 7) is 1.98. The minimum absolute atomic E-state index is 0.00890. The van der Waals surface area contributed by atoms with Crippen molar-refractivity contribution in [2.45, 2.75) is 19.2 Å². The van der Waals surface area contributed by atoms with Gasteiger partial charge in [0.25, 0.3) is 0 Å². The highest BCUT2D eigenvalue weighted by molar-refractivity contribution is 5.89. The first kappa shape index (κ1) is 18.2. The Morgan fingerprint density at radius 3 is 2.64 bits per heavy atom. The highest BCUT2D eigenvalue weighted by Crippen LogP contribution is 2.31. The minimum Gasteiger partial charge on any atom is -0.389 e. The maximum absolute atomic E-state index is 13.1. The Kier molecular flexibility index (Phi) is 6.57. The average Bonchev–Trinajstić information content (AvgIpc) is 2.41. The number of aliphatic hydroxyl groups excluding tert-OH is 1. The Morgan fingerprint density at radius 1 is 1.36 bits per heavy atom. The molecule has 0 aromatic heterocycles. The normalized spacial score (nSPS) is 12.8. The molecular formula is C13H16F4N2O3. The van der Waals surface area contributed by atoms with Gasteiger partial charge in [0.2, 0.25) is 0 Å². The molecule has 9 heteroatoms. The van der Waals surface area contributed by atoms with Crippen LogP contribution >= 0.6 is 0 Å². The van der Waals surface area contributed by atoms with Gasteiger partial charge in [-0.05, 0) is 25.1 Å². The first-order valence-corrected chi connectivity index (χ1v) is 6.40. The van der Waals surface area contributed by atoms with Gasteiger partial charge in [0, 0.05) is 18.8 Å². The van der Waals surface area contributed by atoms with E-state index in [2.05, 4.69) is 10.6 Å². The van der Waals surface area contributed by atoms with E-state index in [4.69, 9.17) is 4.74 Å². The number of halogens is 4. The summed E-state index contributed by atoms with van der Waals surface area (Å²) in [6.07, 6.45) is -5.67. The lowest BCUT2D eigenvalue weighted by molar-refractivity contribution is -0.137. The zero-order valence-corrected chi connectivity index (χ0v) is 11.7. The van der Waals surface area contributed by atoms with Crippen LogP contribution in [0.4, 0.5) is 28.0 Å². The molecule has 1 aromatic rings. The highest BCUT2D eigenvalue weighted by atomic mass is 19.4. The summed E-state index contributed by atoms with van der Waals surface area (Å²) in [5.74, 6) is -1.12. The number of aliphatic hydroxyl groups is 1. The second-order valence-electron chi connectivity index (χ2n) is 4.37. The van der Waals surface area contributed by atoms with Crippen LogP contribution in [0, 0.1) is 5.82 Å². The molecular weight excluding hydrogens is 308 g/mol. The standard InChI is InChI=1S/C13H16F4N2O3/c1-2-22-7-11(20)6-18-12(21)19-10-4-8(13(15,16)17)3-9(14)5-10/h3-5,11,20H,2,6-7H2,1H3,(H2,18,19,21). The third kappa shape index (κ3) is 6.27. The van der Waals surface area contributed by atoms with E-state index in [-0.39, 0.29) is 18.8 Å². The number of ether oxygens (including phenoxy) is 1. The van der Waals surface area contributed by atoms with E-state index in [1.807, 2.05) is 0 Å². The second-order valence-corrected chi connectivity index (χ2v) is 4.37. The molecule has 0 saturated heterocycles. The lowest BCUT2D eigenvalue weighted by Gasteiger charge is -2.13. The topological polar surface area (TPSA) is 70.6 Å². The molecule has 0 spiro atoms. The number of urea groups is 1. The fourth-order valence-electron chi connectivity index (χ4n) is 1.52. The van der Waals surface area contributed by atoms with Crippen molar-refractivity contribution in [1.82, 2.24) is 5.32 Å². The molecule has 5 nitrogen and oxygen atoms in total. The van der Waals surface area contributed by atoms with Crippen molar-refractivity contribution in [2.24, 2.45) is 0 Å². The van der Waals surface area contributed by atoms with Crippen LogP contribution in [0.1, 0.15) is 12.5 Å². The number of anilines is 1. The highest BCUT2D eigenvalue weighted by Gasteiger charge is 2.31. The van der Waals surface area contributed by atoms with E-state index in [1.54, 1.807) is 6.92 Å². The Bertz CT molecular complexity index is 509. The Labute approximate surface area is 124 Å². The molecule has 3 N–H and O–H groups in total. The molecule has 0 fully saturated rings. The Morgan fingerprint density at radius 2 is 2.05 bits per heavy atom. The van der Waals surface area contributed by atoms with Crippen LogP contribution < -0.4 is 10.6 Å². The molecule has 0 aliphatic rings. The van der Waals surface area contributed by atoms with Crippen molar-refractivity contribution >= 4 is 11.7 Å². The molecule has 1 unspecified atom stereocenters. The summed E-state index contributed by atoms with van der Waals surface area (Å²) in [7, 11) is 0. The van der Waals surface area contributed by atoms with Gasteiger partial charge in [-0.2, -0.15) is 13.2 Å². The van der Waals surface area contributed by atoms with E-state index >= 15 is 0 Å². The molecule has 1 rings (SSSR count). The van der Waals surface area contributed by atoms with Crippen molar-refractivity contribution in [3.63, 3.8) is 0 Å². The maximum atomic E-state index is 13.1. The van der Waals surface area contributed by atoms with Crippen LogP contribution in [0.15, 0.2) is 18.2 Å². The van der Waals surface area contributed by atoms with Crippen LogP contribution in [-0.4, -0.2) is 37.0 Å². The predicted molar refractivity (Wildman–Crippen MR) is 70.9 cm³/mol. The molecule has 22 heavy (non-hydrogen) atoms. The monoisotopic (exact) mass is 324 g/mol. The van der Waals surface area contributed by atoms with E-state index in [1.165, 1.54) is 0 Å². The van der Waals surface area contributed by atoms with Gasteiger partial charge in [-0.3, -0.25) is 0 Å². The van der Waals surface area contributed by atoms with E-state index < -0.39 is 29.7 Å². The molecule has 0 bridgehead atoms. The Balaban J connectivity index is 2.59. The largest absolute Gasteiger partial charge is 0.416 e. The van der Waals surface area contributed by atoms with Crippen LogP contribution in [0.3, 0.4) is 0 Å². The smallest absolute Gasteiger partial charge is 0.389 e. The summed E-state index contributed by atoms with van der Waals surface area (Å²) in [4.78, 5) is 11.5. The number of carbonyl (C=O) groups excluding carboxylic acids is 1. The fourth-order valence-corrected chi connectivity index (χ4v) is 1.52. The van der Waals surface area contributed by atoms with Crippen molar-refractivity contribution in [3.05, 3.63) is 29.6 Å². The number of amides is 2. The number of benzene rings is 1. The predicted octanol–water partition coefficient (Wildman–Crippen LogP) is 2.36. The summed E-state index contributed by atoms with van der Waals surface area (Å²) in [5.41, 5.74) is -1.55. The van der Waals surface area contributed by atoms with Crippen LogP contribution in [-0.2, 0) is 10.9 Å². The maximum Gasteiger partial charge on any atom is 0.416 e. The number of rotatable bonds is 6. The molecule has 0 radical (unpaired) electrons. The average molecular weight is 324 g/mol. The minimum atomic E-state index is -4.72. The summed E-state index contributed by atoms with van der Waals surface area (Å²) in [5, 5.41) is 13.7. The fraction of sp³-hybridized carbons (Fsp3) is 0.462. The van der Waals surface area contributed by atoms with E-state index in [0.717, 1.165) is 6.07 Å². The summed E-state index contributed by atoms with van der Waals surface area (Å²) >= 11 is 0. The molecule has 1 aromatic carbocycles. The van der Waals surface area contributed by atoms with Gasteiger partial charge in [-0.15, -0.1) is 0 Å². The SMILES string of the molecule is CCOCC(O)CNC(=O)Nc1cc(F)cc(C(F)(F)F)c1. The van der Waals surface area contributed by atoms with E-state index in [9.17, 15) is 27.5 Å². The van der Waals surface area contributed by atoms with Gasteiger partial charge in [0.1, 0.15) is 5.82 Å². The summed E-state index contributed by atoms with van der Waals surface area (Å²) in [6, 6.07) is 0.828. The third-order valence-electron chi connectivity index (χ3n) is 2.50. The lowest BCUT2D eigenvalue weighted by atomic mass is 10.2. The van der Waals surface area contributed by atoms with Crippen molar-refractivity contribution < 1.29 is 32.2 Å². The van der Waals surface area contributed by atoms with Gasteiger partial charge in [-0.25, -0.2) is 9.18 Å². The number of carbonyl (C=O) groups is 1. The lowest BCUT2D eigenvalue weighted by Crippen LogP contribution is -2.37. The van der Waals surface area contributed by atoms with Gasteiger partial charge >= 0.3 is 12.2 Å². The molecule has 2 amide bonds. The van der Waals surface area contributed by atoms with Gasteiger partial charge in [-0.1, -0.05) is 0 Å². The van der Waals surface area contributed by atoms with Crippen molar-refractivity contribution in [1.29, 1.82) is 0 Å². The quantitative estimate of drug-likeness (QED) is 0.704. The molecule has 0 aliphatic carbocycles. The molecule has 0 saturated carbocycles. The molecule has 124 valence electrons. The second kappa shape index (κ2) is 7.95. The van der Waals surface area contributed by atoms with E-state index in [0.29, 0.717) is 18.7 Å². The molecule has 0 heterocycles. The molecule has 1 atom stereocenters. The van der Waals surface area contributed by atoms with Crippen LogP contribution in [0.25, 0.3) is 0 Å². The van der Waals surface area contributed by atoms with Gasteiger partial charge in [0.05, 0.1) is 18.3 Å². The number of hydrogen-bond donors (Lipinski definition) is 3. The molecule has 0 aliphatic heterocycles. The number of hydrogen-bond acceptors (Lipinski definition) is 3. The van der Waals surface area contributed by atoms with Crippen LogP contribution in [0.2, 0.25) is 0 Å². The van der Waals surface area contributed by atoms with Crippen molar-refractivity contribution in [3.8, 4) is 0 Å². The Hall–Kier alpha value is -1.87. The first-order chi connectivity index (χ1) is 10.2. The third-order valence-corrected chi connectivity index (χ3v) is 2.50. The number of nitrogens with one attached hydrogen (secondary N) is 2.